The Morgan fingerprint density at radius 1 is 0.318 bits per heavy atom. The highest BCUT2D eigenvalue weighted by Gasteiger charge is 2.13. The van der Waals surface area contributed by atoms with Gasteiger partial charge in [0, 0.05) is 40.2 Å². The van der Waals surface area contributed by atoms with Crippen LogP contribution in [0.25, 0.3) is 78.2 Å². The summed E-state index contributed by atoms with van der Waals surface area (Å²) in [5.41, 5.74) is 6.78. The minimum Gasteiger partial charge on any atom is -0.256 e. The molecule has 8 aromatic rings. The third-order valence-electron chi connectivity index (χ3n) is 7.77. The Bertz CT molecular complexity index is 2190. The monoisotopic (exact) mass is 563 g/mol. The summed E-state index contributed by atoms with van der Waals surface area (Å²) < 4.78 is 0. The van der Waals surface area contributed by atoms with E-state index < -0.39 is 0 Å². The van der Waals surface area contributed by atoms with Crippen LogP contribution in [0, 0.1) is 0 Å². The Labute approximate surface area is 254 Å². The van der Waals surface area contributed by atoms with E-state index in [0.29, 0.717) is 17.5 Å². The van der Waals surface area contributed by atoms with E-state index in [1.165, 1.54) is 0 Å². The van der Waals surface area contributed by atoms with E-state index in [0.717, 1.165) is 60.8 Å². The van der Waals surface area contributed by atoms with Crippen LogP contribution in [0.15, 0.2) is 152 Å². The molecule has 44 heavy (non-hydrogen) atoms. The van der Waals surface area contributed by atoms with Crippen molar-refractivity contribution in [2.75, 3.05) is 0 Å². The van der Waals surface area contributed by atoms with Crippen LogP contribution in [0.1, 0.15) is 0 Å². The second-order valence-corrected chi connectivity index (χ2v) is 10.7. The van der Waals surface area contributed by atoms with Crippen LogP contribution >= 0.6 is 0 Å². The van der Waals surface area contributed by atoms with E-state index in [1.807, 2.05) is 85.1 Å². The van der Waals surface area contributed by atoms with E-state index in [4.69, 9.17) is 19.9 Å². The first-order chi connectivity index (χ1) is 21.8. The molecule has 0 aliphatic heterocycles. The molecular weight excluding hydrogens is 538 g/mol. The molecule has 0 radical (unpaired) electrons. The van der Waals surface area contributed by atoms with E-state index in [1.54, 1.807) is 6.20 Å². The van der Waals surface area contributed by atoms with Crippen molar-refractivity contribution in [3.8, 4) is 56.7 Å². The number of hydrogen-bond acceptors (Lipinski definition) is 5. The van der Waals surface area contributed by atoms with Crippen molar-refractivity contribution in [3.63, 3.8) is 0 Å². The minimum atomic E-state index is 0.648. The third kappa shape index (κ3) is 4.97. The molecule has 0 aliphatic rings. The van der Waals surface area contributed by atoms with Gasteiger partial charge in [-0.1, -0.05) is 91.0 Å². The van der Waals surface area contributed by atoms with Gasteiger partial charge in [0.25, 0.3) is 0 Å². The lowest BCUT2D eigenvalue weighted by Gasteiger charge is -2.10. The quantitative estimate of drug-likeness (QED) is 0.195. The molecular formula is C39H25N5. The molecule has 0 aliphatic carbocycles. The smallest absolute Gasteiger partial charge is 0.164 e. The summed E-state index contributed by atoms with van der Waals surface area (Å²) in [4.78, 5) is 23.8. The summed E-state index contributed by atoms with van der Waals surface area (Å²) in [6, 6.07) is 47.5. The van der Waals surface area contributed by atoms with Gasteiger partial charge >= 0.3 is 0 Å². The molecule has 0 N–H and O–H groups in total. The fraction of sp³-hybridized carbons (Fsp3) is 0. The van der Waals surface area contributed by atoms with Crippen LogP contribution in [-0.4, -0.2) is 24.9 Å². The molecule has 3 heterocycles. The van der Waals surface area contributed by atoms with Gasteiger partial charge in [0.15, 0.2) is 17.5 Å². The molecule has 8 rings (SSSR count). The number of rotatable bonds is 5. The highest BCUT2D eigenvalue weighted by molar-refractivity contribution is 6.00. The lowest BCUT2D eigenvalue weighted by molar-refractivity contribution is 1.07. The lowest BCUT2D eigenvalue weighted by Crippen LogP contribution is -2.00. The Kier molecular flexibility index (Phi) is 6.39. The van der Waals surface area contributed by atoms with Crippen LogP contribution in [0.3, 0.4) is 0 Å². The van der Waals surface area contributed by atoms with Crippen molar-refractivity contribution in [1.82, 2.24) is 24.9 Å². The first kappa shape index (κ1) is 25.6. The van der Waals surface area contributed by atoms with Crippen molar-refractivity contribution in [2.45, 2.75) is 0 Å². The van der Waals surface area contributed by atoms with E-state index in [2.05, 4.69) is 65.6 Å². The number of aromatic nitrogens is 5. The standard InChI is InChI=1S/C39H25N5/c1-3-9-26(10-4-1)37-42-38(27-11-5-2-6-12-27)44-39(43-37)31-17-15-29-21-33-23-30(16-14-28(33)22-34(29)24-31)36-19-18-32(25-41-36)35-13-7-8-20-40-35/h1-25H. The molecule has 5 heteroatoms. The zero-order chi connectivity index (χ0) is 29.3. The fourth-order valence-corrected chi connectivity index (χ4v) is 5.48. The topological polar surface area (TPSA) is 64.5 Å². The van der Waals surface area contributed by atoms with Gasteiger partial charge in [-0.2, -0.15) is 0 Å². The lowest BCUT2D eigenvalue weighted by atomic mass is 9.99. The van der Waals surface area contributed by atoms with Gasteiger partial charge in [-0.3, -0.25) is 9.97 Å². The third-order valence-corrected chi connectivity index (χ3v) is 7.77. The zero-order valence-corrected chi connectivity index (χ0v) is 23.7. The molecule has 0 fully saturated rings. The molecule has 0 unspecified atom stereocenters. The minimum absolute atomic E-state index is 0.648. The zero-order valence-electron chi connectivity index (χ0n) is 23.7. The van der Waals surface area contributed by atoms with E-state index in [9.17, 15) is 0 Å². The Balaban J connectivity index is 1.17. The Hall–Kier alpha value is -6.07. The number of pyridine rings is 2. The molecule has 5 aromatic carbocycles. The van der Waals surface area contributed by atoms with Gasteiger partial charge in [-0.05, 0) is 70.1 Å². The van der Waals surface area contributed by atoms with Crippen molar-refractivity contribution in [3.05, 3.63) is 152 Å². The van der Waals surface area contributed by atoms with Crippen molar-refractivity contribution < 1.29 is 0 Å². The second kappa shape index (κ2) is 11.0. The molecule has 0 spiro atoms. The van der Waals surface area contributed by atoms with Crippen molar-refractivity contribution in [1.29, 1.82) is 0 Å². The van der Waals surface area contributed by atoms with E-state index >= 15 is 0 Å². The molecule has 206 valence electrons. The fourth-order valence-electron chi connectivity index (χ4n) is 5.48. The van der Waals surface area contributed by atoms with E-state index in [-0.39, 0.29) is 0 Å². The molecule has 0 amide bonds. The van der Waals surface area contributed by atoms with Crippen LogP contribution in [0.5, 0.6) is 0 Å². The molecule has 0 saturated carbocycles. The SMILES string of the molecule is c1ccc(-c2nc(-c3ccccc3)nc(-c3ccc4cc5cc(-c6ccc(-c7ccccn7)cn6)ccc5cc4c3)n2)cc1. The maximum absolute atomic E-state index is 4.91. The number of fused-ring (bicyclic) bond motifs is 2. The van der Waals surface area contributed by atoms with Crippen molar-refractivity contribution in [2.24, 2.45) is 0 Å². The normalized spacial score (nSPS) is 11.2. The number of benzene rings is 5. The first-order valence-electron chi connectivity index (χ1n) is 14.5. The summed E-state index contributed by atoms with van der Waals surface area (Å²) in [6.45, 7) is 0. The molecule has 5 nitrogen and oxygen atoms in total. The van der Waals surface area contributed by atoms with Crippen LogP contribution in [-0.2, 0) is 0 Å². The van der Waals surface area contributed by atoms with Crippen LogP contribution in [0.4, 0.5) is 0 Å². The highest BCUT2D eigenvalue weighted by Crippen LogP contribution is 2.31. The first-order valence-corrected chi connectivity index (χ1v) is 14.5. The Morgan fingerprint density at radius 3 is 1.41 bits per heavy atom. The number of hydrogen-bond donors (Lipinski definition) is 0. The Morgan fingerprint density at radius 2 is 0.841 bits per heavy atom. The van der Waals surface area contributed by atoms with Crippen LogP contribution in [0.2, 0.25) is 0 Å². The van der Waals surface area contributed by atoms with Gasteiger partial charge in [0.05, 0.1) is 11.4 Å². The summed E-state index contributed by atoms with van der Waals surface area (Å²) in [5.74, 6) is 1.96. The summed E-state index contributed by atoms with van der Waals surface area (Å²) >= 11 is 0. The summed E-state index contributed by atoms with van der Waals surface area (Å²) in [7, 11) is 0. The van der Waals surface area contributed by atoms with Crippen LogP contribution < -0.4 is 0 Å². The molecule has 0 bridgehead atoms. The number of nitrogens with zero attached hydrogens (tertiary/aromatic N) is 5. The maximum atomic E-state index is 4.91. The summed E-state index contributed by atoms with van der Waals surface area (Å²) in [6.07, 6.45) is 3.69. The van der Waals surface area contributed by atoms with Gasteiger partial charge in [-0.25, -0.2) is 15.0 Å². The maximum Gasteiger partial charge on any atom is 0.164 e. The van der Waals surface area contributed by atoms with Gasteiger partial charge in [-0.15, -0.1) is 0 Å². The van der Waals surface area contributed by atoms with Crippen molar-refractivity contribution >= 4 is 21.5 Å². The average Bonchev–Trinajstić information content (AvgIpc) is 3.11. The van der Waals surface area contributed by atoms with Gasteiger partial charge in [0.2, 0.25) is 0 Å². The average molecular weight is 564 g/mol. The van der Waals surface area contributed by atoms with Gasteiger partial charge in [0.1, 0.15) is 0 Å². The highest BCUT2D eigenvalue weighted by atomic mass is 15.0. The largest absolute Gasteiger partial charge is 0.256 e. The predicted molar refractivity (Wildman–Crippen MR) is 178 cm³/mol. The molecule has 3 aromatic heterocycles. The predicted octanol–water partition coefficient (Wildman–Crippen LogP) is 9.30. The second-order valence-electron chi connectivity index (χ2n) is 10.7. The van der Waals surface area contributed by atoms with Gasteiger partial charge < -0.3 is 0 Å². The molecule has 0 atom stereocenters. The molecule has 0 saturated heterocycles. The summed E-state index contributed by atoms with van der Waals surface area (Å²) in [5, 5.41) is 4.60.